The van der Waals surface area contributed by atoms with E-state index in [1.165, 1.54) is 16.9 Å². The Morgan fingerprint density at radius 2 is 1.40 bits per heavy atom. The van der Waals surface area contributed by atoms with Crippen molar-refractivity contribution in [2.24, 2.45) is 11.8 Å². The summed E-state index contributed by atoms with van der Waals surface area (Å²) in [5.74, 6) is -1.79. The number of rotatable bonds is 10. The highest BCUT2D eigenvalue weighted by Gasteiger charge is 2.24. The first-order valence-electron chi connectivity index (χ1n) is 8.15. The molecule has 0 heterocycles. The van der Waals surface area contributed by atoms with E-state index in [1.54, 1.807) is 0 Å². The Morgan fingerprint density at radius 3 is 1.80 bits per heavy atom. The van der Waals surface area contributed by atoms with E-state index in [4.69, 9.17) is 5.11 Å². The van der Waals surface area contributed by atoms with Crippen LogP contribution >= 0.6 is 0 Å². The number of hydrogen-bond donors (Lipinski definition) is 2. The Balaban J connectivity index is 5.00. The van der Waals surface area contributed by atoms with Gasteiger partial charge in [0, 0.05) is 13.1 Å². The van der Waals surface area contributed by atoms with E-state index in [-0.39, 0.29) is 31.5 Å². The number of nitrogens with zero attached hydrogens (tertiary/aromatic N) is 2. The Hall–Kier alpha value is -2.32. The maximum Gasteiger partial charge on any atom is 0.407 e. The van der Waals surface area contributed by atoms with Crippen LogP contribution in [-0.2, 0) is 19.1 Å². The van der Waals surface area contributed by atoms with Crippen LogP contribution in [0.25, 0.3) is 0 Å². The Bertz CT molecular complexity index is 478. The van der Waals surface area contributed by atoms with Crippen molar-refractivity contribution < 1.29 is 29.0 Å². The summed E-state index contributed by atoms with van der Waals surface area (Å²) >= 11 is 0. The zero-order valence-corrected chi connectivity index (χ0v) is 15.6. The molecule has 0 radical (unpaired) electrons. The number of aliphatic carboxylic acids is 1. The summed E-state index contributed by atoms with van der Waals surface area (Å²) in [5, 5.41) is 11.3. The van der Waals surface area contributed by atoms with E-state index in [1.807, 2.05) is 27.7 Å². The lowest BCUT2D eigenvalue weighted by atomic mass is 10.2. The van der Waals surface area contributed by atoms with Gasteiger partial charge in [-0.1, -0.05) is 27.7 Å². The van der Waals surface area contributed by atoms with Crippen molar-refractivity contribution in [1.82, 2.24) is 15.1 Å². The molecule has 0 aliphatic heterocycles. The molecule has 0 aromatic carbocycles. The number of carboxylic acid groups (broad SMARTS) is 1. The van der Waals surface area contributed by atoms with Crippen LogP contribution in [0, 0.1) is 11.8 Å². The number of alkyl carbamates (subject to hydrolysis) is 1. The molecule has 0 saturated heterocycles. The fourth-order valence-electron chi connectivity index (χ4n) is 2.15. The van der Waals surface area contributed by atoms with Gasteiger partial charge in [-0.25, -0.2) is 4.79 Å². The Kier molecular flexibility index (Phi) is 10.2. The van der Waals surface area contributed by atoms with Gasteiger partial charge in [0.15, 0.2) is 0 Å². The lowest BCUT2D eigenvalue weighted by molar-refractivity contribution is -0.147. The SMILES string of the molecule is COC(=O)NCC(=O)N(CC(=O)N(CC(=O)O)CC(C)C)CC(C)C. The molecule has 0 atom stereocenters. The van der Waals surface area contributed by atoms with E-state index < -0.39 is 30.4 Å². The molecule has 3 amide bonds. The number of hydrogen-bond acceptors (Lipinski definition) is 5. The van der Waals surface area contributed by atoms with Gasteiger partial charge in [-0.3, -0.25) is 14.4 Å². The van der Waals surface area contributed by atoms with Gasteiger partial charge in [0.25, 0.3) is 0 Å². The summed E-state index contributed by atoms with van der Waals surface area (Å²) in [7, 11) is 1.19. The molecule has 0 unspecified atom stereocenters. The van der Waals surface area contributed by atoms with Gasteiger partial charge < -0.3 is 25.0 Å². The van der Waals surface area contributed by atoms with Crippen molar-refractivity contribution in [1.29, 1.82) is 0 Å². The third-order valence-electron chi connectivity index (χ3n) is 3.10. The summed E-state index contributed by atoms with van der Waals surface area (Å²) in [4.78, 5) is 49.3. The average Bonchev–Trinajstić information content (AvgIpc) is 2.49. The van der Waals surface area contributed by atoms with Gasteiger partial charge in [-0.2, -0.15) is 0 Å². The number of ether oxygens (including phenoxy) is 1. The molecule has 144 valence electrons. The van der Waals surface area contributed by atoms with Crippen molar-refractivity contribution in [2.45, 2.75) is 27.7 Å². The zero-order valence-electron chi connectivity index (χ0n) is 15.6. The molecule has 2 N–H and O–H groups in total. The monoisotopic (exact) mass is 359 g/mol. The standard InChI is InChI=1S/C16H29N3O6/c1-11(2)7-18(13(20)6-17-16(24)25-5)9-14(21)19(8-12(3)4)10-15(22)23/h11-12H,6-10H2,1-5H3,(H,17,24)(H,22,23). The van der Waals surface area contributed by atoms with Gasteiger partial charge in [0.2, 0.25) is 11.8 Å². The summed E-state index contributed by atoms with van der Waals surface area (Å²) in [6.07, 6.45) is -0.739. The molecule has 0 bridgehead atoms. The molecule has 25 heavy (non-hydrogen) atoms. The predicted molar refractivity (Wildman–Crippen MR) is 90.9 cm³/mol. The highest BCUT2D eigenvalue weighted by Crippen LogP contribution is 2.04. The van der Waals surface area contributed by atoms with Crippen molar-refractivity contribution >= 4 is 23.9 Å². The molecule has 0 aliphatic carbocycles. The lowest BCUT2D eigenvalue weighted by Crippen LogP contribution is -2.49. The van der Waals surface area contributed by atoms with Gasteiger partial charge >= 0.3 is 12.1 Å². The van der Waals surface area contributed by atoms with Crippen LogP contribution in [0.5, 0.6) is 0 Å². The van der Waals surface area contributed by atoms with Crippen LogP contribution in [0.3, 0.4) is 0 Å². The Morgan fingerprint density at radius 1 is 0.920 bits per heavy atom. The molecule has 0 aliphatic rings. The summed E-state index contributed by atoms with van der Waals surface area (Å²) in [5.41, 5.74) is 0. The maximum absolute atomic E-state index is 12.5. The minimum absolute atomic E-state index is 0.0959. The number of methoxy groups -OCH3 is 1. The molecule has 0 aromatic rings. The lowest BCUT2D eigenvalue weighted by Gasteiger charge is -2.28. The van der Waals surface area contributed by atoms with Crippen LogP contribution < -0.4 is 5.32 Å². The molecule has 0 rings (SSSR count). The first-order valence-corrected chi connectivity index (χ1v) is 8.15. The van der Waals surface area contributed by atoms with Crippen molar-refractivity contribution in [3.05, 3.63) is 0 Å². The number of amides is 3. The largest absolute Gasteiger partial charge is 0.480 e. The minimum atomic E-state index is -1.11. The Labute approximate surface area is 148 Å². The second kappa shape index (κ2) is 11.3. The number of carbonyl (C=O) groups excluding carboxylic acids is 3. The fourth-order valence-corrected chi connectivity index (χ4v) is 2.15. The molecule has 0 fully saturated rings. The van der Waals surface area contributed by atoms with Crippen LogP contribution in [0.2, 0.25) is 0 Å². The minimum Gasteiger partial charge on any atom is -0.480 e. The third kappa shape index (κ3) is 10.2. The van der Waals surface area contributed by atoms with Gasteiger partial charge in [-0.15, -0.1) is 0 Å². The van der Waals surface area contributed by atoms with Crippen LogP contribution in [0.15, 0.2) is 0 Å². The number of carboxylic acids is 1. The van der Waals surface area contributed by atoms with E-state index >= 15 is 0 Å². The average molecular weight is 359 g/mol. The first kappa shape index (κ1) is 22.7. The van der Waals surface area contributed by atoms with Crippen molar-refractivity contribution in [3.63, 3.8) is 0 Å². The first-order chi connectivity index (χ1) is 11.6. The molecule has 0 spiro atoms. The van der Waals surface area contributed by atoms with E-state index in [2.05, 4.69) is 10.1 Å². The topological polar surface area (TPSA) is 116 Å². The van der Waals surface area contributed by atoms with Crippen molar-refractivity contribution in [3.8, 4) is 0 Å². The van der Waals surface area contributed by atoms with Crippen molar-refractivity contribution in [2.75, 3.05) is 39.8 Å². The quantitative estimate of drug-likeness (QED) is 0.583. The normalized spacial score (nSPS) is 10.5. The highest BCUT2D eigenvalue weighted by atomic mass is 16.5. The maximum atomic E-state index is 12.5. The van der Waals surface area contributed by atoms with Crippen LogP contribution in [-0.4, -0.2) is 78.6 Å². The van der Waals surface area contributed by atoms with Gasteiger partial charge in [-0.05, 0) is 11.8 Å². The van der Waals surface area contributed by atoms with Gasteiger partial charge in [0.1, 0.15) is 13.1 Å². The van der Waals surface area contributed by atoms with Gasteiger partial charge in [0.05, 0.1) is 13.7 Å². The second-order valence-corrected chi connectivity index (χ2v) is 6.58. The molecule has 0 saturated carbocycles. The number of carbonyl (C=O) groups is 4. The van der Waals surface area contributed by atoms with Crippen LogP contribution in [0.4, 0.5) is 4.79 Å². The molecular weight excluding hydrogens is 330 g/mol. The molecule has 9 nitrogen and oxygen atoms in total. The second-order valence-electron chi connectivity index (χ2n) is 6.58. The fraction of sp³-hybridized carbons (Fsp3) is 0.750. The number of nitrogens with one attached hydrogen (secondary N) is 1. The van der Waals surface area contributed by atoms with E-state index in [9.17, 15) is 19.2 Å². The molecular formula is C16H29N3O6. The summed E-state index contributed by atoms with van der Waals surface area (Å²) in [6, 6.07) is 0. The van der Waals surface area contributed by atoms with E-state index in [0.717, 1.165) is 0 Å². The zero-order chi connectivity index (χ0) is 19.6. The predicted octanol–water partition coefficient (Wildman–Crippen LogP) is 0.396. The highest BCUT2D eigenvalue weighted by molar-refractivity contribution is 5.88. The molecule has 0 aromatic heterocycles. The third-order valence-corrected chi connectivity index (χ3v) is 3.10. The van der Waals surface area contributed by atoms with Crippen LogP contribution in [0.1, 0.15) is 27.7 Å². The molecule has 9 heteroatoms. The summed E-state index contributed by atoms with van der Waals surface area (Å²) < 4.78 is 4.41. The summed E-state index contributed by atoms with van der Waals surface area (Å²) in [6.45, 7) is 7.18. The van der Waals surface area contributed by atoms with E-state index in [0.29, 0.717) is 6.54 Å². The smallest absolute Gasteiger partial charge is 0.407 e.